The molecule has 0 spiro atoms. The summed E-state index contributed by atoms with van der Waals surface area (Å²) in [4.78, 5) is 0. The van der Waals surface area contributed by atoms with Gasteiger partial charge in [0.1, 0.15) is 0 Å². The molecule has 0 fully saturated rings. The molecule has 0 saturated heterocycles. The molecule has 0 saturated carbocycles. The Labute approximate surface area is 144 Å². The van der Waals surface area contributed by atoms with Gasteiger partial charge < -0.3 is 14.8 Å². The van der Waals surface area contributed by atoms with Gasteiger partial charge in [-0.15, -0.1) is 0 Å². The van der Waals surface area contributed by atoms with Gasteiger partial charge in [0.05, 0.1) is 19.3 Å². The van der Waals surface area contributed by atoms with Crippen LogP contribution in [0.3, 0.4) is 0 Å². The molecule has 0 bridgehead atoms. The van der Waals surface area contributed by atoms with Crippen molar-refractivity contribution in [3.63, 3.8) is 0 Å². The lowest BCUT2D eigenvalue weighted by molar-refractivity contribution is 0.286. The first-order chi connectivity index (χ1) is 12.0. The van der Waals surface area contributed by atoms with Crippen molar-refractivity contribution in [3.05, 3.63) is 58.4 Å². The number of fused-ring (bicyclic) bond motifs is 1. The summed E-state index contributed by atoms with van der Waals surface area (Å²) in [6.45, 7) is 5.38. The van der Waals surface area contributed by atoms with Crippen molar-refractivity contribution in [1.82, 2.24) is 5.32 Å². The van der Waals surface area contributed by atoms with Crippen LogP contribution in [0.25, 0.3) is 0 Å². The van der Waals surface area contributed by atoms with Gasteiger partial charge >= 0.3 is 0 Å². The molecule has 134 valence electrons. The molecule has 1 N–H and O–H groups in total. The minimum absolute atomic E-state index is 0.337. The molecule has 0 aliphatic carbocycles. The van der Waals surface area contributed by atoms with Gasteiger partial charge in [0.2, 0.25) is 0 Å². The second-order valence-corrected chi connectivity index (χ2v) is 5.80. The summed E-state index contributed by atoms with van der Waals surface area (Å²) >= 11 is 0. The van der Waals surface area contributed by atoms with Crippen LogP contribution in [0.4, 0.5) is 13.2 Å². The molecule has 1 aliphatic heterocycles. The average molecular weight is 351 g/mol. The average Bonchev–Trinajstić information content (AvgIpc) is 2.59. The highest BCUT2D eigenvalue weighted by Crippen LogP contribution is 2.38. The first kappa shape index (κ1) is 17.6. The topological polar surface area (TPSA) is 30.5 Å². The fraction of sp³-hybridized carbons (Fsp3) is 0.368. The molecule has 0 amide bonds. The van der Waals surface area contributed by atoms with Crippen LogP contribution < -0.4 is 14.8 Å². The van der Waals surface area contributed by atoms with Gasteiger partial charge in [-0.05, 0) is 61.2 Å². The van der Waals surface area contributed by atoms with Crippen LogP contribution in [0.5, 0.6) is 11.5 Å². The zero-order chi connectivity index (χ0) is 18.0. The minimum atomic E-state index is -1.46. The number of nitrogens with one attached hydrogen (secondary N) is 1. The molecule has 1 atom stereocenters. The third-order valence-corrected chi connectivity index (χ3v) is 4.20. The van der Waals surface area contributed by atoms with Crippen molar-refractivity contribution in [1.29, 1.82) is 0 Å². The zero-order valence-electron chi connectivity index (χ0n) is 14.2. The van der Waals surface area contributed by atoms with Crippen molar-refractivity contribution >= 4 is 0 Å². The summed E-state index contributed by atoms with van der Waals surface area (Å²) < 4.78 is 51.8. The van der Waals surface area contributed by atoms with E-state index in [-0.39, 0.29) is 0 Å². The van der Waals surface area contributed by atoms with Crippen LogP contribution in [-0.4, -0.2) is 19.8 Å². The highest BCUT2D eigenvalue weighted by molar-refractivity contribution is 5.51. The molecule has 1 unspecified atom stereocenters. The van der Waals surface area contributed by atoms with Crippen molar-refractivity contribution < 1.29 is 22.6 Å². The summed E-state index contributed by atoms with van der Waals surface area (Å²) in [5.74, 6) is -2.61. The number of rotatable bonds is 5. The van der Waals surface area contributed by atoms with Gasteiger partial charge in [0, 0.05) is 6.54 Å². The molecule has 2 aromatic rings. The summed E-state index contributed by atoms with van der Waals surface area (Å²) in [6, 6.07) is 5.36. The van der Waals surface area contributed by atoms with Crippen molar-refractivity contribution in [2.75, 3.05) is 19.8 Å². The van der Waals surface area contributed by atoms with Crippen LogP contribution in [-0.2, 0) is 6.42 Å². The number of halogens is 3. The largest absolute Gasteiger partial charge is 0.490 e. The number of ether oxygens (including phenoxy) is 2. The molecule has 6 heteroatoms. The maximum absolute atomic E-state index is 13.6. The molecule has 0 radical (unpaired) electrons. The van der Waals surface area contributed by atoms with Crippen LogP contribution >= 0.6 is 0 Å². The van der Waals surface area contributed by atoms with Gasteiger partial charge in [0.15, 0.2) is 29.0 Å². The van der Waals surface area contributed by atoms with Gasteiger partial charge in [-0.1, -0.05) is 0 Å². The van der Waals surface area contributed by atoms with Gasteiger partial charge in [-0.3, -0.25) is 0 Å². The Morgan fingerprint density at radius 3 is 2.16 bits per heavy atom. The van der Waals surface area contributed by atoms with E-state index in [0.717, 1.165) is 29.7 Å². The normalized spacial score (nSPS) is 16.4. The smallest absolute Gasteiger partial charge is 0.194 e. The van der Waals surface area contributed by atoms with Gasteiger partial charge in [-0.2, -0.15) is 0 Å². The molecule has 25 heavy (non-hydrogen) atoms. The lowest BCUT2D eigenvalue weighted by Gasteiger charge is -2.29. The van der Waals surface area contributed by atoms with Crippen LogP contribution in [0.15, 0.2) is 24.3 Å². The fourth-order valence-electron chi connectivity index (χ4n) is 3.14. The Hall–Kier alpha value is -2.21. The monoisotopic (exact) mass is 351 g/mol. The number of hydrogen-bond donors (Lipinski definition) is 1. The fourth-order valence-corrected chi connectivity index (χ4v) is 3.14. The molecule has 3 rings (SSSR count). The maximum Gasteiger partial charge on any atom is 0.194 e. The second kappa shape index (κ2) is 7.35. The van der Waals surface area contributed by atoms with Crippen LogP contribution in [0.1, 0.15) is 36.6 Å². The molecular weight excluding hydrogens is 331 g/mol. The second-order valence-electron chi connectivity index (χ2n) is 5.80. The van der Waals surface area contributed by atoms with Crippen molar-refractivity contribution in [2.24, 2.45) is 0 Å². The minimum Gasteiger partial charge on any atom is -0.490 e. The zero-order valence-corrected chi connectivity index (χ0v) is 14.2. The molecular formula is C19H20F3NO2. The van der Waals surface area contributed by atoms with Gasteiger partial charge in [-0.25, -0.2) is 13.2 Å². The highest BCUT2D eigenvalue weighted by Gasteiger charge is 2.26. The predicted octanol–water partition coefficient (Wildman–Crippen LogP) is 4.14. The van der Waals surface area contributed by atoms with E-state index in [0.29, 0.717) is 36.8 Å². The van der Waals surface area contributed by atoms with E-state index in [1.54, 1.807) is 0 Å². The summed E-state index contributed by atoms with van der Waals surface area (Å²) in [5, 5.41) is 3.23. The molecule has 1 heterocycles. The molecule has 3 nitrogen and oxygen atoms in total. The summed E-state index contributed by atoms with van der Waals surface area (Å²) in [6.07, 6.45) is 0.754. The van der Waals surface area contributed by atoms with E-state index < -0.39 is 23.5 Å². The Bertz CT molecular complexity index is 756. The van der Waals surface area contributed by atoms with Crippen LogP contribution in [0.2, 0.25) is 0 Å². The van der Waals surface area contributed by atoms with E-state index in [1.165, 1.54) is 0 Å². The Morgan fingerprint density at radius 1 is 0.960 bits per heavy atom. The van der Waals surface area contributed by atoms with E-state index in [9.17, 15) is 13.2 Å². The molecule has 2 aromatic carbocycles. The standard InChI is InChI=1S/C19H20F3NO2/c1-3-24-16-9-11-5-6-23-19(13(11)10-17(16)25-4-2)12-7-14(20)18(22)15(21)8-12/h7-10,19,23H,3-6H2,1-2H3. The molecule has 0 aromatic heterocycles. The van der Waals surface area contributed by atoms with E-state index in [2.05, 4.69) is 5.32 Å². The van der Waals surface area contributed by atoms with E-state index >= 15 is 0 Å². The highest BCUT2D eigenvalue weighted by atomic mass is 19.2. The summed E-state index contributed by atoms with van der Waals surface area (Å²) in [5.41, 5.74) is 2.20. The lowest BCUT2D eigenvalue weighted by atomic mass is 9.89. The third-order valence-electron chi connectivity index (χ3n) is 4.20. The van der Waals surface area contributed by atoms with Gasteiger partial charge in [0.25, 0.3) is 0 Å². The summed E-state index contributed by atoms with van der Waals surface area (Å²) in [7, 11) is 0. The number of benzene rings is 2. The van der Waals surface area contributed by atoms with Crippen molar-refractivity contribution in [3.8, 4) is 11.5 Å². The first-order valence-electron chi connectivity index (χ1n) is 8.35. The first-order valence-corrected chi connectivity index (χ1v) is 8.35. The SMILES string of the molecule is CCOc1cc2c(cc1OCC)C(c1cc(F)c(F)c(F)c1)NCC2. The maximum atomic E-state index is 13.6. The van der Waals surface area contributed by atoms with E-state index in [1.807, 2.05) is 26.0 Å². The van der Waals surface area contributed by atoms with Crippen LogP contribution in [0, 0.1) is 17.5 Å². The quantitative estimate of drug-likeness (QED) is 0.822. The van der Waals surface area contributed by atoms with Crippen molar-refractivity contribution in [2.45, 2.75) is 26.3 Å². The number of hydrogen-bond acceptors (Lipinski definition) is 3. The predicted molar refractivity (Wildman–Crippen MR) is 88.6 cm³/mol. The van der Waals surface area contributed by atoms with E-state index in [4.69, 9.17) is 9.47 Å². The Balaban J connectivity index is 2.08. The molecule has 1 aliphatic rings. The Kier molecular flexibility index (Phi) is 5.18. The Morgan fingerprint density at radius 2 is 1.56 bits per heavy atom. The lowest BCUT2D eigenvalue weighted by Crippen LogP contribution is -2.31. The third kappa shape index (κ3) is 3.44.